The molecular formula is C15H17NO4S. The summed E-state index contributed by atoms with van der Waals surface area (Å²) in [5.74, 6) is 0.772. The Kier molecular flexibility index (Phi) is 4.59. The van der Waals surface area contributed by atoms with Crippen molar-refractivity contribution in [2.75, 3.05) is 13.1 Å². The summed E-state index contributed by atoms with van der Waals surface area (Å²) in [6, 6.07) is 9.69. The lowest BCUT2D eigenvalue weighted by atomic mass is 10.2. The summed E-state index contributed by atoms with van der Waals surface area (Å²) in [4.78, 5) is 10.8. The van der Waals surface area contributed by atoms with Gasteiger partial charge in [0, 0.05) is 18.7 Å². The molecule has 112 valence electrons. The van der Waals surface area contributed by atoms with Crippen molar-refractivity contribution in [1.82, 2.24) is 4.31 Å². The zero-order valence-corrected chi connectivity index (χ0v) is 12.8. The predicted molar refractivity (Wildman–Crippen MR) is 79.6 cm³/mol. The van der Waals surface area contributed by atoms with E-state index >= 15 is 0 Å². The lowest BCUT2D eigenvalue weighted by Gasteiger charge is -2.18. The molecule has 0 atom stereocenters. The van der Waals surface area contributed by atoms with E-state index < -0.39 is 10.0 Å². The zero-order valence-electron chi connectivity index (χ0n) is 11.9. The van der Waals surface area contributed by atoms with E-state index in [1.807, 2.05) is 0 Å². The third-order valence-electron chi connectivity index (χ3n) is 3.22. The summed E-state index contributed by atoms with van der Waals surface area (Å²) < 4.78 is 31.4. The molecule has 0 amide bonds. The molecule has 0 saturated carbocycles. The maximum Gasteiger partial charge on any atom is 0.243 e. The highest BCUT2D eigenvalue weighted by Gasteiger charge is 2.21. The van der Waals surface area contributed by atoms with Crippen molar-refractivity contribution in [3.8, 4) is 11.3 Å². The molecule has 0 spiro atoms. The van der Waals surface area contributed by atoms with Gasteiger partial charge in [-0.1, -0.05) is 13.8 Å². The molecule has 1 heterocycles. The smallest absolute Gasteiger partial charge is 0.243 e. The molecule has 0 aliphatic rings. The molecule has 1 aromatic heterocycles. The minimum atomic E-state index is -3.45. The van der Waals surface area contributed by atoms with Gasteiger partial charge in [0.25, 0.3) is 0 Å². The van der Waals surface area contributed by atoms with Crippen molar-refractivity contribution in [1.29, 1.82) is 0 Å². The Morgan fingerprint density at radius 2 is 1.67 bits per heavy atom. The second-order valence-electron chi connectivity index (χ2n) is 4.43. The van der Waals surface area contributed by atoms with Crippen LogP contribution < -0.4 is 0 Å². The van der Waals surface area contributed by atoms with E-state index in [0.29, 0.717) is 25.1 Å². The van der Waals surface area contributed by atoms with Gasteiger partial charge in [0.05, 0.1) is 4.90 Å². The normalized spacial score (nSPS) is 11.8. The van der Waals surface area contributed by atoms with E-state index in [2.05, 4.69) is 0 Å². The highest BCUT2D eigenvalue weighted by molar-refractivity contribution is 7.89. The van der Waals surface area contributed by atoms with Gasteiger partial charge in [0.15, 0.2) is 12.0 Å². The van der Waals surface area contributed by atoms with Crippen molar-refractivity contribution in [2.24, 2.45) is 0 Å². The van der Waals surface area contributed by atoms with Crippen molar-refractivity contribution in [3.63, 3.8) is 0 Å². The Hall–Kier alpha value is -1.92. The lowest BCUT2D eigenvalue weighted by Crippen LogP contribution is -2.30. The van der Waals surface area contributed by atoms with Crippen LogP contribution in [0.2, 0.25) is 0 Å². The van der Waals surface area contributed by atoms with Crippen molar-refractivity contribution in [3.05, 3.63) is 42.2 Å². The third kappa shape index (κ3) is 3.06. The first-order chi connectivity index (χ1) is 10.0. The van der Waals surface area contributed by atoms with Gasteiger partial charge in [0.2, 0.25) is 10.0 Å². The number of sulfonamides is 1. The number of nitrogens with zero attached hydrogens (tertiary/aromatic N) is 1. The van der Waals surface area contributed by atoms with Crippen LogP contribution in [0.25, 0.3) is 11.3 Å². The lowest BCUT2D eigenvalue weighted by molar-refractivity contribution is 0.110. The van der Waals surface area contributed by atoms with Gasteiger partial charge in [-0.2, -0.15) is 4.31 Å². The predicted octanol–water partition coefficient (Wildman–Crippen LogP) is 2.79. The molecule has 21 heavy (non-hydrogen) atoms. The summed E-state index contributed by atoms with van der Waals surface area (Å²) >= 11 is 0. The first-order valence-corrected chi connectivity index (χ1v) is 8.12. The van der Waals surface area contributed by atoms with E-state index in [1.165, 1.54) is 4.31 Å². The third-order valence-corrected chi connectivity index (χ3v) is 5.29. The summed E-state index contributed by atoms with van der Waals surface area (Å²) in [6.45, 7) is 4.47. The summed E-state index contributed by atoms with van der Waals surface area (Å²) in [7, 11) is -3.45. The monoisotopic (exact) mass is 307 g/mol. The van der Waals surface area contributed by atoms with Crippen LogP contribution >= 0.6 is 0 Å². The second-order valence-corrected chi connectivity index (χ2v) is 6.37. The Morgan fingerprint density at radius 3 is 2.14 bits per heavy atom. The molecule has 0 aliphatic carbocycles. The highest BCUT2D eigenvalue weighted by atomic mass is 32.2. The van der Waals surface area contributed by atoms with E-state index in [9.17, 15) is 13.2 Å². The van der Waals surface area contributed by atoms with Crippen molar-refractivity contribution in [2.45, 2.75) is 18.7 Å². The molecule has 6 heteroatoms. The van der Waals surface area contributed by atoms with Gasteiger partial charge >= 0.3 is 0 Å². The largest absolute Gasteiger partial charge is 0.453 e. The Labute approximate surface area is 124 Å². The van der Waals surface area contributed by atoms with Crippen LogP contribution in [0.1, 0.15) is 24.4 Å². The molecule has 0 bridgehead atoms. The molecule has 0 unspecified atom stereocenters. The summed E-state index contributed by atoms with van der Waals surface area (Å²) in [5.41, 5.74) is 0.724. The molecule has 1 aromatic carbocycles. The van der Waals surface area contributed by atoms with Crippen LogP contribution in [-0.4, -0.2) is 32.1 Å². The molecule has 5 nitrogen and oxygen atoms in total. The number of aldehydes is 1. The maximum atomic E-state index is 12.3. The molecule has 0 saturated heterocycles. The van der Waals surface area contributed by atoms with Gasteiger partial charge < -0.3 is 4.42 Å². The number of hydrogen-bond acceptors (Lipinski definition) is 4. The topological polar surface area (TPSA) is 67.6 Å². The van der Waals surface area contributed by atoms with Gasteiger partial charge in [-0.05, 0) is 36.4 Å². The molecule has 0 aliphatic heterocycles. The molecule has 2 aromatic rings. The highest BCUT2D eigenvalue weighted by Crippen LogP contribution is 2.24. The Bertz CT molecular complexity index is 712. The van der Waals surface area contributed by atoms with E-state index in [4.69, 9.17) is 4.42 Å². The quantitative estimate of drug-likeness (QED) is 0.770. The average Bonchev–Trinajstić information content (AvgIpc) is 2.97. The van der Waals surface area contributed by atoms with E-state index in [0.717, 1.165) is 5.56 Å². The van der Waals surface area contributed by atoms with Gasteiger partial charge in [0.1, 0.15) is 5.76 Å². The SMILES string of the molecule is CCN(CC)S(=O)(=O)c1ccc(-c2ccc(C=O)o2)cc1. The molecule has 2 rings (SSSR count). The minimum Gasteiger partial charge on any atom is -0.453 e. The fourth-order valence-corrected chi connectivity index (χ4v) is 3.53. The van der Waals surface area contributed by atoms with Crippen LogP contribution in [0.4, 0.5) is 0 Å². The molecule has 0 N–H and O–H groups in total. The van der Waals surface area contributed by atoms with Crippen LogP contribution in [0.3, 0.4) is 0 Å². The Morgan fingerprint density at radius 1 is 1.05 bits per heavy atom. The van der Waals surface area contributed by atoms with Crippen molar-refractivity contribution >= 4 is 16.3 Å². The van der Waals surface area contributed by atoms with Crippen LogP contribution in [0, 0.1) is 0 Å². The minimum absolute atomic E-state index is 0.241. The fraction of sp³-hybridized carbons (Fsp3) is 0.267. The number of rotatable bonds is 6. The van der Waals surface area contributed by atoms with Crippen molar-refractivity contribution < 1.29 is 17.6 Å². The van der Waals surface area contributed by atoms with Gasteiger partial charge in [-0.25, -0.2) is 8.42 Å². The number of carbonyl (C=O) groups excluding carboxylic acids is 1. The first kappa shape index (κ1) is 15.5. The number of benzene rings is 1. The van der Waals surface area contributed by atoms with E-state index in [1.54, 1.807) is 50.2 Å². The van der Waals surface area contributed by atoms with Gasteiger partial charge in [-0.15, -0.1) is 0 Å². The van der Waals surface area contributed by atoms with Crippen LogP contribution in [0.15, 0.2) is 45.7 Å². The van der Waals surface area contributed by atoms with Crippen LogP contribution in [-0.2, 0) is 10.0 Å². The number of furan rings is 1. The molecular weight excluding hydrogens is 290 g/mol. The van der Waals surface area contributed by atoms with Gasteiger partial charge in [-0.3, -0.25) is 4.79 Å². The maximum absolute atomic E-state index is 12.3. The molecule has 0 radical (unpaired) electrons. The standard InChI is InChI=1S/C15H17NO4S/c1-3-16(4-2)21(18,19)14-8-5-12(6-9-14)15-10-7-13(11-17)20-15/h5-11H,3-4H2,1-2H3. The fourth-order valence-electron chi connectivity index (χ4n) is 2.08. The summed E-state index contributed by atoms with van der Waals surface area (Å²) in [6.07, 6.45) is 0.628. The average molecular weight is 307 g/mol. The Balaban J connectivity index is 2.32. The number of carbonyl (C=O) groups is 1. The molecule has 0 fully saturated rings. The van der Waals surface area contributed by atoms with Crippen LogP contribution in [0.5, 0.6) is 0 Å². The number of hydrogen-bond donors (Lipinski definition) is 0. The summed E-state index contributed by atoms with van der Waals surface area (Å²) in [5, 5.41) is 0. The zero-order chi connectivity index (χ0) is 15.5. The van der Waals surface area contributed by atoms with E-state index in [-0.39, 0.29) is 10.7 Å². The first-order valence-electron chi connectivity index (χ1n) is 6.68. The second kappa shape index (κ2) is 6.24.